The largest absolute Gasteiger partial charge is 0.393 e. The number of aromatic nitrogens is 2. The average Bonchev–Trinajstić information content (AvgIpc) is 3.62. The van der Waals surface area contributed by atoms with Gasteiger partial charge in [0, 0.05) is 23.6 Å². The van der Waals surface area contributed by atoms with Gasteiger partial charge < -0.3 is 20.8 Å². The Hall–Kier alpha value is -3.01. The summed E-state index contributed by atoms with van der Waals surface area (Å²) in [6, 6.07) is 1.11. The number of hydrogen-bond donors (Lipinski definition) is 4. The van der Waals surface area contributed by atoms with E-state index in [2.05, 4.69) is 20.6 Å². The van der Waals surface area contributed by atoms with Crippen molar-refractivity contribution in [1.29, 1.82) is 0 Å². The molecule has 0 saturated carbocycles. The normalized spacial score (nSPS) is 14.7. The summed E-state index contributed by atoms with van der Waals surface area (Å²) in [6.07, 6.45) is -5.66. The number of nitrogens with one attached hydrogen (secondary N) is 2. The smallest absolute Gasteiger partial charge is 0.389 e. The number of rotatable bonds is 14. The number of benzene rings is 1. The molecule has 0 aliphatic rings. The third-order valence-electron chi connectivity index (χ3n) is 6.06. The summed E-state index contributed by atoms with van der Waals surface area (Å²) in [4.78, 5) is 34.4. The van der Waals surface area contributed by atoms with Crippen molar-refractivity contribution < 1.29 is 41.8 Å². The van der Waals surface area contributed by atoms with E-state index >= 15 is 0 Å². The molecule has 0 saturated heterocycles. The third-order valence-corrected chi connectivity index (χ3v) is 7.93. The molecule has 2 heterocycles. The molecule has 0 fully saturated rings. The lowest BCUT2D eigenvalue weighted by atomic mass is 10.0. The minimum absolute atomic E-state index is 0.0284. The van der Waals surface area contributed by atoms with E-state index in [1.807, 2.05) is 0 Å². The summed E-state index contributed by atoms with van der Waals surface area (Å²) in [7, 11) is 0. The van der Waals surface area contributed by atoms with Crippen LogP contribution in [0.15, 0.2) is 36.0 Å². The molecule has 0 bridgehead atoms. The zero-order valence-electron chi connectivity index (χ0n) is 21.8. The van der Waals surface area contributed by atoms with Gasteiger partial charge in [-0.3, -0.25) is 9.59 Å². The highest BCUT2D eigenvalue weighted by molar-refractivity contribution is 7.16. The molecule has 0 aliphatic heterocycles. The number of aliphatic hydroxyl groups is 2. The van der Waals surface area contributed by atoms with Crippen LogP contribution in [-0.2, 0) is 11.5 Å². The van der Waals surface area contributed by atoms with Gasteiger partial charge >= 0.3 is 6.18 Å². The molecule has 41 heavy (non-hydrogen) atoms. The summed E-state index contributed by atoms with van der Waals surface area (Å²) in [6.45, 7) is 0.606. The number of carbonyl (C=O) groups excluding carboxylic acids is 2. The standard InChI is InChI=1S/C26H29F5N4O4S2/c1-14(36)4-7-19(22(38)34-18(3-2-8-26(29,30)31)21(37)25-32-9-10-40-25)35-23(39)20-13-33-24(41-20)17-11-16(28)6-5-15(17)12-27/h5-6,9-11,13-14,18-19,21,36-37H,2-4,7-8,12H2,1H3,(H,34,38)(H,35,39)/t14?,18-,19-,21?/m0/s1. The van der Waals surface area contributed by atoms with E-state index in [1.165, 1.54) is 25.4 Å². The van der Waals surface area contributed by atoms with E-state index in [1.54, 1.807) is 5.38 Å². The summed E-state index contributed by atoms with van der Waals surface area (Å²) in [5, 5.41) is 27.5. The quantitative estimate of drug-likeness (QED) is 0.186. The minimum atomic E-state index is -4.42. The maximum Gasteiger partial charge on any atom is 0.389 e. The van der Waals surface area contributed by atoms with E-state index in [9.17, 15) is 41.8 Å². The van der Waals surface area contributed by atoms with Crippen molar-refractivity contribution in [2.75, 3.05) is 0 Å². The maximum absolute atomic E-state index is 13.8. The monoisotopic (exact) mass is 620 g/mol. The molecule has 4 atom stereocenters. The average molecular weight is 621 g/mol. The Balaban J connectivity index is 1.77. The summed E-state index contributed by atoms with van der Waals surface area (Å²) >= 11 is 1.92. The van der Waals surface area contributed by atoms with Crippen LogP contribution in [0.25, 0.3) is 10.6 Å². The van der Waals surface area contributed by atoms with Crippen LogP contribution in [0.4, 0.5) is 22.0 Å². The highest BCUT2D eigenvalue weighted by atomic mass is 32.1. The fourth-order valence-corrected chi connectivity index (χ4v) is 5.50. The molecular formula is C26H29F5N4O4S2. The van der Waals surface area contributed by atoms with Crippen molar-refractivity contribution in [3.63, 3.8) is 0 Å². The molecule has 8 nitrogen and oxygen atoms in total. The van der Waals surface area contributed by atoms with Gasteiger partial charge in [-0.05, 0) is 50.3 Å². The van der Waals surface area contributed by atoms with E-state index in [0.29, 0.717) is 0 Å². The van der Waals surface area contributed by atoms with Gasteiger partial charge in [-0.25, -0.2) is 18.7 Å². The molecular weight excluding hydrogens is 591 g/mol. The molecule has 2 unspecified atom stereocenters. The van der Waals surface area contributed by atoms with Gasteiger partial charge in [0.2, 0.25) is 5.91 Å². The number of aliphatic hydroxyl groups excluding tert-OH is 2. The number of hydrogen-bond acceptors (Lipinski definition) is 8. The number of halogens is 5. The van der Waals surface area contributed by atoms with Crippen LogP contribution in [0, 0.1) is 5.82 Å². The van der Waals surface area contributed by atoms with Crippen molar-refractivity contribution >= 4 is 34.5 Å². The Labute approximate surface area is 240 Å². The second-order valence-electron chi connectivity index (χ2n) is 9.35. The molecule has 2 aromatic heterocycles. The number of carbonyl (C=O) groups is 2. The van der Waals surface area contributed by atoms with Crippen LogP contribution in [0.5, 0.6) is 0 Å². The Kier molecular flexibility index (Phi) is 11.7. The second kappa shape index (κ2) is 14.8. The first-order chi connectivity index (χ1) is 19.4. The molecule has 3 rings (SSSR count). The van der Waals surface area contributed by atoms with Crippen LogP contribution < -0.4 is 10.6 Å². The second-order valence-corrected chi connectivity index (χ2v) is 11.3. The lowest BCUT2D eigenvalue weighted by Gasteiger charge is -2.26. The van der Waals surface area contributed by atoms with Crippen LogP contribution in [-0.4, -0.2) is 56.4 Å². The van der Waals surface area contributed by atoms with Crippen LogP contribution in [0.3, 0.4) is 0 Å². The lowest BCUT2D eigenvalue weighted by Crippen LogP contribution is -2.51. The first-order valence-electron chi connectivity index (χ1n) is 12.6. The summed E-state index contributed by atoms with van der Waals surface area (Å²) in [5.74, 6) is -2.12. The molecule has 0 radical (unpaired) electrons. The van der Waals surface area contributed by atoms with Crippen molar-refractivity contribution in [3.05, 3.63) is 57.2 Å². The van der Waals surface area contributed by atoms with Crippen molar-refractivity contribution in [2.24, 2.45) is 0 Å². The Morgan fingerprint density at radius 1 is 1.10 bits per heavy atom. The van der Waals surface area contributed by atoms with Crippen LogP contribution in [0.1, 0.15) is 65.4 Å². The number of thiazole rings is 2. The van der Waals surface area contributed by atoms with Gasteiger partial charge in [-0.15, -0.1) is 22.7 Å². The Morgan fingerprint density at radius 2 is 1.85 bits per heavy atom. The van der Waals surface area contributed by atoms with Crippen molar-refractivity contribution in [1.82, 2.24) is 20.6 Å². The highest BCUT2D eigenvalue weighted by Crippen LogP contribution is 2.30. The SMILES string of the molecule is CC(O)CC[C@H](NC(=O)c1cnc(-c2cc(F)ccc2CF)s1)C(=O)N[C@@H](CCCC(F)(F)F)C(O)c1nccs1. The molecule has 2 amide bonds. The van der Waals surface area contributed by atoms with E-state index in [-0.39, 0.29) is 51.7 Å². The Morgan fingerprint density at radius 3 is 2.49 bits per heavy atom. The Bertz CT molecular complexity index is 1290. The van der Waals surface area contributed by atoms with Gasteiger partial charge in [0.05, 0.1) is 18.3 Å². The minimum Gasteiger partial charge on any atom is -0.393 e. The van der Waals surface area contributed by atoms with Crippen molar-refractivity contribution in [2.45, 2.75) is 76.2 Å². The fourth-order valence-electron chi connectivity index (χ4n) is 3.94. The predicted octanol–water partition coefficient (Wildman–Crippen LogP) is 5.09. The van der Waals surface area contributed by atoms with Gasteiger partial charge in [-0.1, -0.05) is 6.07 Å². The third kappa shape index (κ3) is 9.80. The zero-order valence-corrected chi connectivity index (χ0v) is 23.5. The van der Waals surface area contributed by atoms with Gasteiger partial charge in [0.25, 0.3) is 5.91 Å². The number of amides is 2. The summed E-state index contributed by atoms with van der Waals surface area (Å²) < 4.78 is 65.4. The van der Waals surface area contributed by atoms with Crippen molar-refractivity contribution in [3.8, 4) is 10.6 Å². The van der Waals surface area contributed by atoms with Gasteiger partial charge in [-0.2, -0.15) is 13.2 Å². The molecule has 224 valence electrons. The summed E-state index contributed by atoms with van der Waals surface area (Å²) in [5.41, 5.74) is 0.357. The van der Waals surface area contributed by atoms with Gasteiger partial charge in [0.1, 0.15) is 39.5 Å². The highest BCUT2D eigenvalue weighted by Gasteiger charge is 2.32. The van der Waals surface area contributed by atoms with Crippen LogP contribution >= 0.6 is 22.7 Å². The van der Waals surface area contributed by atoms with Gasteiger partial charge in [0.15, 0.2) is 0 Å². The molecule has 0 aliphatic carbocycles. The first-order valence-corrected chi connectivity index (χ1v) is 14.3. The fraction of sp³-hybridized carbons (Fsp3) is 0.462. The zero-order chi connectivity index (χ0) is 30.2. The molecule has 1 aromatic carbocycles. The first kappa shape index (κ1) is 32.5. The van der Waals surface area contributed by atoms with E-state index < -0.39 is 61.2 Å². The maximum atomic E-state index is 13.8. The van der Waals surface area contributed by atoms with E-state index in [0.717, 1.165) is 34.8 Å². The molecule has 4 N–H and O–H groups in total. The molecule has 0 spiro atoms. The van der Waals surface area contributed by atoms with Crippen LogP contribution in [0.2, 0.25) is 0 Å². The van der Waals surface area contributed by atoms with E-state index in [4.69, 9.17) is 0 Å². The molecule has 3 aromatic rings. The predicted molar refractivity (Wildman–Crippen MR) is 143 cm³/mol. The lowest BCUT2D eigenvalue weighted by molar-refractivity contribution is -0.136. The number of alkyl halides is 4. The number of nitrogens with zero attached hydrogens (tertiary/aromatic N) is 2. The molecule has 15 heteroatoms. The topological polar surface area (TPSA) is 124 Å².